The van der Waals surface area contributed by atoms with Crippen LogP contribution < -0.4 is 10.2 Å². The van der Waals surface area contributed by atoms with Crippen molar-refractivity contribution in [1.82, 2.24) is 19.8 Å². The van der Waals surface area contributed by atoms with E-state index >= 15 is 0 Å². The number of anilines is 2. The third-order valence-electron chi connectivity index (χ3n) is 6.50. The van der Waals surface area contributed by atoms with Crippen molar-refractivity contribution in [2.45, 2.75) is 32.2 Å². The number of nitrogens with one attached hydrogen (secondary N) is 1. The summed E-state index contributed by atoms with van der Waals surface area (Å²) < 4.78 is 2.05. The number of nitrogens with zero attached hydrogens (tertiary/aromatic N) is 4. The molecule has 0 bridgehead atoms. The lowest BCUT2D eigenvalue weighted by Crippen LogP contribution is -2.37. The Hall–Kier alpha value is -5.24. The second kappa shape index (κ2) is 18.3. The fraction of sp³-hybridized carbons (Fsp3) is 0.333. The molecule has 2 heterocycles. The highest BCUT2D eigenvalue weighted by Gasteiger charge is 2.20. The molecule has 1 aliphatic rings. The van der Waals surface area contributed by atoms with Gasteiger partial charge in [-0.1, -0.05) is 36.4 Å². The van der Waals surface area contributed by atoms with Gasteiger partial charge in [-0.25, -0.2) is 24.2 Å². The molecule has 0 atom stereocenters. The second-order valence-electron chi connectivity index (χ2n) is 9.63. The van der Waals surface area contributed by atoms with Gasteiger partial charge in [-0.3, -0.25) is 4.79 Å². The number of carbonyl (C=O) groups excluding carboxylic acids is 1. The normalized spacial score (nSPS) is 11.2. The molecule has 0 fully saturated rings. The molecule has 0 radical (unpaired) electrons. The Balaban J connectivity index is 0.000000477. The van der Waals surface area contributed by atoms with Gasteiger partial charge >= 0.3 is 23.9 Å². The first-order valence-corrected chi connectivity index (χ1v) is 13.8. The van der Waals surface area contributed by atoms with Gasteiger partial charge in [-0.2, -0.15) is 0 Å². The number of likely N-dealkylation sites (N-methyl/N-ethyl adjacent to an activating group) is 1. The minimum atomic E-state index is -1.82. The number of fused-ring (bicyclic) bond motifs is 2. The van der Waals surface area contributed by atoms with Crippen LogP contribution in [0.5, 0.6) is 0 Å². The first-order chi connectivity index (χ1) is 21.0. The van der Waals surface area contributed by atoms with Gasteiger partial charge in [-0.05, 0) is 55.5 Å². The Morgan fingerprint density at radius 2 is 1.32 bits per heavy atom. The molecule has 44 heavy (non-hydrogen) atoms. The number of hydrogen-bond donors (Lipinski definition) is 5. The molecular formula is C30H37N5O9. The Morgan fingerprint density at radius 1 is 0.795 bits per heavy atom. The monoisotopic (exact) mass is 611 g/mol. The number of carboxylic acid groups (broad SMARTS) is 4. The average Bonchev–Trinajstić information content (AvgIpc) is 3.47. The topological polar surface area (TPSA) is 203 Å². The Labute approximate surface area is 254 Å². The molecule has 1 aliphatic heterocycles. The van der Waals surface area contributed by atoms with Crippen LogP contribution in [0.4, 0.5) is 11.4 Å². The number of carbonyl (C=O) groups is 5. The summed E-state index contributed by atoms with van der Waals surface area (Å²) in [4.78, 5) is 57.2. The van der Waals surface area contributed by atoms with Gasteiger partial charge in [0.1, 0.15) is 0 Å². The molecule has 1 amide bonds. The quantitative estimate of drug-likeness (QED) is 0.165. The molecule has 14 heteroatoms. The molecule has 3 aromatic rings. The summed E-state index contributed by atoms with van der Waals surface area (Å²) >= 11 is 0. The van der Waals surface area contributed by atoms with Crippen LogP contribution in [-0.4, -0.2) is 97.9 Å². The van der Waals surface area contributed by atoms with Crippen molar-refractivity contribution in [1.29, 1.82) is 0 Å². The highest BCUT2D eigenvalue weighted by Crippen LogP contribution is 2.35. The highest BCUT2D eigenvalue weighted by molar-refractivity contribution is 6.27. The van der Waals surface area contributed by atoms with E-state index in [1.165, 1.54) is 22.5 Å². The van der Waals surface area contributed by atoms with Crippen molar-refractivity contribution in [3.05, 3.63) is 78.4 Å². The molecule has 2 aromatic carbocycles. The predicted octanol–water partition coefficient (Wildman–Crippen LogP) is 1.96. The molecule has 1 aromatic heterocycles. The molecule has 0 aliphatic carbocycles. The maximum absolute atomic E-state index is 12.5. The summed E-state index contributed by atoms with van der Waals surface area (Å²) in [6.45, 7) is 3.76. The fourth-order valence-corrected chi connectivity index (χ4v) is 4.34. The molecule has 4 rings (SSSR count). The van der Waals surface area contributed by atoms with Crippen molar-refractivity contribution < 1.29 is 44.4 Å². The molecule has 0 saturated carbocycles. The third kappa shape index (κ3) is 11.9. The molecule has 236 valence electrons. The molecule has 5 N–H and O–H groups in total. The smallest absolute Gasteiger partial charge is 0.414 e. The SMILES string of the molecule is CN(CCCN1c2ccccc2CCc2ccccc21)C(=O)CNCCCn1ccnc1.O=C(O)C(=O)O.O=C(O)C(=O)O. The average molecular weight is 612 g/mol. The molecule has 0 saturated heterocycles. The van der Waals surface area contributed by atoms with E-state index in [1.54, 1.807) is 6.20 Å². The van der Waals surface area contributed by atoms with E-state index in [4.69, 9.17) is 39.6 Å². The summed E-state index contributed by atoms with van der Waals surface area (Å²) in [5.41, 5.74) is 5.39. The van der Waals surface area contributed by atoms with Crippen molar-refractivity contribution in [3.63, 3.8) is 0 Å². The predicted molar refractivity (Wildman–Crippen MR) is 160 cm³/mol. The first-order valence-electron chi connectivity index (χ1n) is 13.8. The van der Waals surface area contributed by atoms with Gasteiger partial charge in [0.25, 0.3) is 0 Å². The summed E-state index contributed by atoms with van der Waals surface area (Å²) in [5.74, 6) is -7.15. The van der Waals surface area contributed by atoms with E-state index in [0.717, 1.165) is 51.9 Å². The lowest BCUT2D eigenvalue weighted by Gasteiger charge is -2.28. The van der Waals surface area contributed by atoms with Crippen LogP contribution in [0.2, 0.25) is 0 Å². The maximum Gasteiger partial charge on any atom is 0.414 e. The van der Waals surface area contributed by atoms with Crippen LogP contribution in [0.25, 0.3) is 0 Å². The zero-order chi connectivity index (χ0) is 32.5. The van der Waals surface area contributed by atoms with Crippen LogP contribution in [-0.2, 0) is 43.4 Å². The number of para-hydroxylation sites is 2. The highest BCUT2D eigenvalue weighted by atomic mass is 16.4. The largest absolute Gasteiger partial charge is 0.473 e. The second-order valence-corrected chi connectivity index (χ2v) is 9.63. The van der Waals surface area contributed by atoms with Gasteiger partial charge in [0.05, 0.1) is 12.9 Å². The van der Waals surface area contributed by atoms with E-state index in [-0.39, 0.29) is 5.91 Å². The standard InChI is InChI=1S/C26H33N5O.2C2H2O4/c1-29(26(32)20-27-14-6-17-30-19-15-28-21-30)16-7-18-31-24-10-4-2-8-22(24)12-13-23-9-3-5-11-25(23)31;2*3-1(4)2(5)6/h2-5,8-11,15,19,21,27H,6-7,12-14,16-18,20H2,1H3;2*(H,3,4)(H,5,6). The number of rotatable bonds is 10. The number of carboxylic acids is 4. The van der Waals surface area contributed by atoms with Crippen LogP contribution in [0.1, 0.15) is 24.0 Å². The summed E-state index contributed by atoms with van der Waals surface area (Å²) in [6.07, 6.45) is 9.59. The molecule has 14 nitrogen and oxygen atoms in total. The van der Waals surface area contributed by atoms with Crippen molar-refractivity contribution in [2.75, 3.05) is 38.1 Å². The van der Waals surface area contributed by atoms with E-state index < -0.39 is 23.9 Å². The molecule has 0 unspecified atom stereocenters. The number of aromatic nitrogens is 2. The van der Waals surface area contributed by atoms with E-state index in [0.29, 0.717) is 6.54 Å². The number of benzene rings is 2. The fourth-order valence-electron chi connectivity index (χ4n) is 4.34. The molecular weight excluding hydrogens is 574 g/mol. The number of amides is 1. The maximum atomic E-state index is 12.5. The first kappa shape index (κ1) is 35.0. The Kier molecular flexibility index (Phi) is 14.6. The number of aryl methyl sites for hydroxylation is 3. The van der Waals surface area contributed by atoms with Crippen molar-refractivity contribution >= 4 is 41.2 Å². The van der Waals surface area contributed by atoms with Gasteiger partial charge in [0, 0.05) is 50.5 Å². The van der Waals surface area contributed by atoms with Crippen molar-refractivity contribution in [3.8, 4) is 0 Å². The van der Waals surface area contributed by atoms with Crippen molar-refractivity contribution in [2.24, 2.45) is 0 Å². The number of hydrogen-bond acceptors (Lipinski definition) is 8. The van der Waals surface area contributed by atoms with Gasteiger partial charge in [-0.15, -0.1) is 0 Å². The zero-order valence-electron chi connectivity index (χ0n) is 24.3. The van der Waals surface area contributed by atoms with Gasteiger partial charge in [0.15, 0.2) is 0 Å². The number of aliphatic carboxylic acids is 4. The number of imidazole rings is 1. The van der Waals surface area contributed by atoms with Crippen LogP contribution in [0.15, 0.2) is 67.3 Å². The van der Waals surface area contributed by atoms with E-state index in [1.807, 2.05) is 24.5 Å². The summed E-state index contributed by atoms with van der Waals surface area (Å²) in [7, 11) is 1.90. The van der Waals surface area contributed by atoms with E-state index in [2.05, 4.69) is 68.3 Å². The third-order valence-corrected chi connectivity index (χ3v) is 6.50. The lowest BCUT2D eigenvalue weighted by atomic mass is 10.0. The molecule has 0 spiro atoms. The lowest BCUT2D eigenvalue weighted by molar-refractivity contribution is -0.159. The zero-order valence-corrected chi connectivity index (χ0v) is 24.3. The minimum Gasteiger partial charge on any atom is -0.473 e. The van der Waals surface area contributed by atoms with Crippen LogP contribution in [0, 0.1) is 0 Å². The summed E-state index contributed by atoms with van der Waals surface area (Å²) in [6, 6.07) is 17.4. The van der Waals surface area contributed by atoms with Crippen LogP contribution in [0.3, 0.4) is 0 Å². The van der Waals surface area contributed by atoms with Gasteiger partial charge < -0.3 is 40.1 Å². The minimum absolute atomic E-state index is 0.143. The van der Waals surface area contributed by atoms with E-state index in [9.17, 15) is 4.79 Å². The van der Waals surface area contributed by atoms with Crippen LogP contribution >= 0.6 is 0 Å². The van der Waals surface area contributed by atoms with Gasteiger partial charge in [0.2, 0.25) is 5.91 Å². The Morgan fingerprint density at radius 3 is 1.80 bits per heavy atom. The summed E-state index contributed by atoms with van der Waals surface area (Å²) in [5, 5.41) is 32.8. The Bertz CT molecular complexity index is 1300.